The van der Waals surface area contributed by atoms with Gasteiger partial charge in [0.1, 0.15) is 5.58 Å². The van der Waals surface area contributed by atoms with Crippen LogP contribution in [0, 0.1) is 0 Å². The molecule has 5 rings (SSSR count). The maximum Gasteiger partial charge on any atom is 0.290 e. The molecule has 194 valence electrons. The fourth-order valence-corrected chi connectivity index (χ4v) is 5.08. The molecule has 0 aliphatic carbocycles. The quantitative estimate of drug-likeness (QED) is 0.438. The molecule has 1 atom stereocenters. The van der Waals surface area contributed by atoms with Crippen molar-refractivity contribution in [1.82, 2.24) is 9.80 Å². The van der Waals surface area contributed by atoms with Crippen molar-refractivity contribution in [3.63, 3.8) is 0 Å². The van der Waals surface area contributed by atoms with Crippen LogP contribution >= 0.6 is 0 Å². The number of hydrogen-bond donors (Lipinski definition) is 1. The van der Waals surface area contributed by atoms with Gasteiger partial charge in [0.15, 0.2) is 23.0 Å². The number of carbonyl (C=O) groups excluding carboxylic acids is 2. The van der Waals surface area contributed by atoms with Gasteiger partial charge in [0.05, 0.1) is 39.0 Å². The van der Waals surface area contributed by atoms with Crippen molar-refractivity contribution in [2.45, 2.75) is 12.5 Å². The van der Waals surface area contributed by atoms with E-state index in [0.717, 1.165) is 25.0 Å². The smallest absolute Gasteiger partial charge is 0.290 e. The number of hydrogen-bond acceptors (Lipinski definition) is 8. The van der Waals surface area contributed by atoms with E-state index in [0.29, 0.717) is 48.8 Å². The van der Waals surface area contributed by atoms with Crippen LogP contribution in [0.25, 0.3) is 11.0 Å². The first-order valence-electron chi connectivity index (χ1n) is 12.3. The van der Waals surface area contributed by atoms with Gasteiger partial charge >= 0.3 is 0 Å². The third kappa shape index (κ3) is 4.68. The summed E-state index contributed by atoms with van der Waals surface area (Å²) in [5.41, 5.74) is 1.06. The van der Waals surface area contributed by atoms with Crippen LogP contribution in [0.2, 0.25) is 0 Å². The van der Waals surface area contributed by atoms with Crippen LogP contribution < -0.4 is 9.47 Å². The van der Waals surface area contributed by atoms with E-state index < -0.39 is 23.5 Å². The number of carbonyl (C=O) groups is 2. The van der Waals surface area contributed by atoms with E-state index in [1.165, 1.54) is 19.1 Å². The maximum atomic E-state index is 13.8. The monoisotopic (exact) mass is 506 g/mol. The molecule has 2 aliphatic heterocycles. The molecule has 3 heterocycles. The number of fused-ring (bicyclic) bond motifs is 1. The molecule has 9 nitrogen and oxygen atoms in total. The zero-order valence-corrected chi connectivity index (χ0v) is 20.9. The van der Waals surface area contributed by atoms with Gasteiger partial charge in [-0.3, -0.25) is 14.5 Å². The molecule has 0 spiro atoms. The Balaban J connectivity index is 1.52. The number of ether oxygens (including phenoxy) is 3. The van der Waals surface area contributed by atoms with Gasteiger partial charge in [-0.2, -0.15) is 0 Å². The van der Waals surface area contributed by atoms with Crippen LogP contribution in [-0.2, 0) is 9.53 Å². The van der Waals surface area contributed by atoms with E-state index in [-0.39, 0.29) is 11.3 Å². The molecule has 0 saturated carbocycles. The molecule has 37 heavy (non-hydrogen) atoms. The lowest BCUT2D eigenvalue weighted by Crippen LogP contribution is -2.39. The Morgan fingerprint density at radius 3 is 2.57 bits per heavy atom. The number of nitrogens with zero attached hydrogens (tertiary/aromatic N) is 2. The SMILES string of the molecule is COc1cccc([C@@H]2C(C(=O)c3cc4ccccc4o3)=C(O)C(=O)N2CCCN2CCOCC2)c1OC. The molecular formula is C28H30N2O7. The van der Waals surface area contributed by atoms with Crippen molar-refractivity contribution in [3.05, 3.63) is 71.2 Å². The highest BCUT2D eigenvalue weighted by Gasteiger charge is 2.45. The minimum Gasteiger partial charge on any atom is -0.503 e. The number of benzene rings is 2. The largest absolute Gasteiger partial charge is 0.503 e. The van der Waals surface area contributed by atoms with Gasteiger partial charge in [0.25, 0.3) is 5.91 Å². The molecule has 0 unspecified atom stereocenters. The van der Waals surface area contributed by atoms with Crippen LogP contribution in [0.4, 0.5) is 0 Å². The molecule has 1 aromatic heterocycles. The second kappa shape index (κ2) is 10.7. The van der Waals surface area contributed by atoms with Gasteiger partial charge < -0.3 is 28.6 Å². The van der Waals surface area contributed by atoms with Crippen molar-refractivity contribution < 1.29 is 33.3 Å². The third-order valence-corrected chi connectivity index (χ3v) is 6.90. The Morgan fingerprint density at radius 2 is 1.84 bits per heavy atom. The first kappa shape index (κ1) is 24.9. The zero-order chi connectivity index (χ0) is 25.9. The maximum absolute atomic E-state index is 13.8. The number of Topliss-reactive ketones (excluding diaryl/α,β-unsaturated/α-hetero) is 1. The summed E-state index contributed by atoms with van der Waals surface area (Å²) in [5.74, 6) is -0.818. The topological polar surface area (TPSA) is 102 Å². The second-order valence-electron chi connectivity index (χ2n) is 9.03. The number of methoxy groups -OCH3 is 2. The van der Waals surface area contributed by atoms with Crippen LogP contribution in [0.3, 0.4) is 0 Å². The minimum atomic E-state index is -0.872. The predicted octanol–water partition coefficient (Wildman–Crippen LogP) is 3.75. The number of furan rings is 1. The van der Waals surface area contributed by atoms with Gasteiger partial charge in [-0.05, 0) is 24.6 Å². The van der Waals surface area contributed by atoms with Crippen molar-refractivity contribution in [2.24, 2.45) is 0 Å². The van der Waals surface area contributed by atoms with Gasteiger partial charge in [0.2, 0.25) is 5.78 Å². The number of aliphatic hydroxyl groups excluding tert-OH is 1. The standard InChI is InChI=1S/C28H30N2O7/c1-34-21-10-5-8-19(27(21)35-2)24-23(25(31)22-17-18-7-3-4-9-20(18)37-22)26(32)28(33)30(24)12-6-11-29-13-15-36-16-14-29/h3-5,7-10,17,24,32H,6,11-16H2,1-2H3/t24-/m1/s1. The average Bonchev–Trinajstić information content (AvgIpc) is 3.47. The molecule has 9 heteroatoms. The van der Waals surface area contributed by atoms with E-state index >= 15 is 0 Å². The highest BCUT2D eigenvalue weighted by Crippen LogP contribution is 2.45. The Bertz CT molecular complexity index is 1310. The lowest BCUT2D eigenvalue weighted by atomic mass is 9.94. The van der Waals surface area contributed by atoms with Crippen LogP contribution in [0.1, 0.15) is 28.6 Å². The molecule has 2 aliphatic rings. The fraction of sp³-hybridized carbons (Fsp3) is 0.357. The summed E-state index contributed by atoms with van der Waals surface area (Å²) in [7, 11) is 3.03. The van der Waals surface area contributed by atoms with Crippen LogP contribution in [0.15, 0.2) is 64.3 Å². The van der Waals surface area contributed by atoms with Crippen molar-refractivity contribution in [3.8, 4) is 11.5 Å². The highest BCUT2D eigenvalue weighted by atomic mass is 16.5. The normalized spacial score (nSPS) is 18.6. The van der Waals surface area contributed by atoms with E-state index in [9.17, 15) is 14.7 Å². The summed E-state index contributed by atoms with van der Waals surface area (Å²) < 4.78 is 22.4. The molecule has 1 fully saturated rings. The second-order valence-corrected chi connectivity index (χ2v) is 9.03. The van der Waals surface area contributed by atoms with Crippen molar-refractivity contribution in [2.75, 3.05) is 53.6 Å². The van der Waals surface area contributed by atoms with E-state index in [2.05, 4.69) is 4.90 Å². The summed E-state index contributed by atoms with van der Waals surface area (Å²) in [6, 6.07) is 13.3. The fourth-order valence-electron chi connectivity index (χ4n) is 5.08. The molecule has 3 aromatic rings. The minimum absolute atomic E-state index is 0.0398. The first-order valence-corrected chi connectivity index (χ1v) is 12.3. The van der Waals surface area contributed by atoms with Gasteiger partial charge in [-0.25, -0.2) is 0 Å². The summed E-state index contributed by atoms with van der Waals surface area (Å²) >= 11 is 0. The van der Waals surface area contributed by atoms with E-state index in [1.54, 1.807) is 30.3 Å². The molecule has 1 N–H and O–H groups in total. The lowest BCUT2D eigenvalue weighted by Gasteiger charge is -2.30. The molecule has 2 aromatic carbocycles. The Labute approximate surface area is 214 Å². The van der Waals surface area contributed by atoms with Crippen molar-refractivity contribution >= 4 is 22.7 Å². The molecule has 1 saturated heterocycles. The van der Waals surface area contributed by atoms with Gasteiger partial charge in [-0.15, -0.1) is 0 Å². The number of ketones is 1. The van der Waals surface area contributed by atoms with Crippen LogP contribution in [0.5, 0.6) is 11.5 Å². The summed E-state index contributed by atoms with van der Waals surface area (Å²) in [4.78, 5) is 31.0. The van der Waals surface area contributed by atoms with Crippen molar-refractivity contribution in [1.29, 1.82) is 0 Å². The Kier molecular flexibility index (Phi) is 7.16. The molecular weight excluding hydrogens is 476 g/mol. The zero-order valence-electron chi connectivity index (χ0n) is 20.9. The number of morpholine rings is 1. The summed E-state index contributed by atoms with van der Waals surface area (Å²) in [5, 5.41) is 11.8. The van der Waals surface area contributed by atoms with Crippen LogP contribution in [-0.4, -0.2) is 80.2 Å². The van der Waals surface area contributed by atoms with E-state index in [4.69, 9.17) is 18.6 Å². The van der Waals surface area contributed by atoms with Gasteiger partial charge in [0, 0.05) is 37.1 Å². The Hall–Kier alpha value is -3.82. The lowest BCUT2D eigenvalue weighted by molar-refractivity contribution is -0.129. The Morgan fingerprint density at radius 1 is 1.05 bits per heavy atom. The number of rotatable bonds is 9. The molecule has 1 amide bonds. The average molecular weight is 507 g/mol. The highest BCUT2D eigenvalue weighted by molar-refractivity contribution is 6.16. The molecule has 0 radical (unpaired) electrons. The summed E-state index contributed by atoms with van der Waals surface area (Å²) in [6.07, 6.45) is 0.661. The van der Waals surface area contributed by atoms with Gasteiger partial charge in [-0.1, -0.05) is 30.3 Å². The summed E-state index contributed by atoms with van der Waals surface area (Å²) in [6.45, 7) is 4.14. The number of amides is 1. The molecule has 0 bridgehead atoms. The number of para-hydroxylation sites is 2. The third-order valence-electron chi connectivity index (χ3n) is 6.90. The van der Waals surface area contributed by atoms with E-state index in [1.807, 2.05) is 18.2 Å². The first-order chi connectivity index (χ1) is 18.0. The number of aliphatic hydroxyl groups is 1. The predicted molar refractivity (Wildman–Crippen MR) is 136 cm³/mol.